The van der Waals surface area contributed by atoms with Crippen LogP contribution in [-0.2, 0) is 13.1 Å². The summed E-state index contributed by atoms with van der Waals surface area (Å²) >= 11 is 0. The largest absolute Gasteiger partial charge is 0.468 e. The number of furan rings is 1. The van der Waals surface area contributed by atoms with Crippen molar-refractivity contribution in [3.63, 3.8) is 0 Å². The van der Waals surface area contributed by atoms with Gasteiger partial charge < -0.3 is 9.73 Å². The lowest BCUT2D eigenvalue weighted by molar-refractivity contribution is 0.127. The minimum atomic E-state index is 0.281. The second kappa shape index (κ2) is 7.28. The Morgan fingerprint density at radius 3 is 2.45 bits per heavy atom. The van der Waals surface area contributed by atoms with Gasteiger partial charge in [0.2, 0.25) is 0 Å². The average Bonchev–Trinajstić information content (AvgIpc) is 2.74. The maximum Gasteiger partial charge on any atom is 0.118 e. The van der Waals surface area contributed by atoms with Gasteiger partial charge in [0, 0.05) is 18.2 Å². The fourth-order valence-electron chi connectivity index (χ4n) is 2.15. The van der Waals surface area contributed by atoms with Crippen molar-refractivity contribution in [3.05, 3.63) is 23.7 Å². The molecular weight excluding hydrogens is 248 g/mol. The van der Waals surface area contributed by atoms with Crippen molar-refractivity contribution in [2.45, 2.75) is 60.7 Å². The van der Waals surface area contributed by atoms with E-state index in [1.165, 1.54) is 5.56 Å². The first-order valence-corrected chi connectivity index (χ1v) is 7.67. The summed E-state index contributed by atoms with van der Waals surface area (Å²) in [5, 5.41) is 3.44. The summed E-state index contributed by atoms with van der Waals surface area (Å²) in [6.45, 7) is 16.3. The summed E-state index contributed by atoms with van der Waals surface area (Å²) in [5.74, 6) is 1.73. The molecule has 1 unspecified atom stereocenters. The average molecular weight is 280 g/mol. The van der Waals surface area contributed by atoms with Crippen LogP contribution in [0.5, 0.6) is 0 Å². The first-order chi connectivity index (χ1) is 9.20. The second-order valence-corrected chi connectivity index (χ2v) is 7.40. The van der Waals surface area contributed by atoms with Gasteiger partial charge in [-0.3, -0.25) is 4.90 Å². The summed E-state index contributed by atoms with van der Waals surface area (Å²) in [7, 11) is 2.16. The van der Waals surface area contributed by atoms with E-state index in [1.807, 2.05) is 6.26 Å². The van der Waals surface area contributed by atoms with Crippen molar-refractivity contribution < 1.29 is 4.42 Å². The van der Waals surface area contributed by atoms with Crippen LogP contribution in [0.4, 0.5) is 0 Å². The van der Waals surface area contributed by atoms with Gasteiger partial charge in [-0.2, -0.15) is 0 Å². The molecule has 1 rings (SSSR count). The summed E-state index contributed by atoms with van der Waals surface area (Å²) in [6, 6.07) is 2.68. The fourth-order valence-corrected chi connectivity index (χ4v) is 2.15. The van der Waals surface area contributed by atoms with E-state index in [-0.39, 0.29) is 5.41 Å². The zero-order chi connectivity index (χ0) is 15.3. The van der Waals surface area contributed by atoms with Gasteiger partial charge in [0.25, 0.3) is 0 Å². The molecule has 0 amide bonds. The van der Waals surface area contributed by atoms with E-state index in [9.17, 15) is 0 Å². The molecule has 0 aliphatic carbocycles. The van der Waals surface area contributed by atoms with Gasteiger partial charge in [-0.05, 0) is 37.9 Å². The quantitative estimate of drug-likeness (QED) is 0.821. The lowest BCUT2D eigenvalue weighted by Crippen LogP contribution is -2.38. The molecule has 1 heterocycles. The molecule has 0 saturated carbocycles. The van der Waals surface area contributed by atoms with Gasteiger partial charge in [-0.1, -0.05) is 34.6 Å². The molecule has 1 aromatic heterocycles. The number of nitrogens with one attached hydrogen (secondary N) is 1. The predicted octanol–water partition coefficient (Wildman–Crippen LogP) is 3.89. The Morgan fingerprint density at radius 2 is 1.90 bits per heavy atom. The molecule has 20 heavy (non-hydrogen) atoms. The number of hydrogen-bond donors (Lipinski definition) is 1. The molecule has 0 aliphatic heterocycles. The minimum absolute atomic E-state index is 0.281. The van der Waals surface area contributed by atoms with Crippen molar-refractivity contribution in [1.82, 2.24) is 10.2 Å². The van der Waals surface area contributed by atoms with Crippen LogP contribution in [0.2, 0.25) is 0 Å². The van der Waals surface area contributed by atoms with Crippen LogP contribution in [0.25, 0.3) is 0 Å². The van der Waals surface area contributed by atoms with Gasteiger partial charge in [0.05, 0.1) is 12.8 Å². The molecule has 0 radical (unpaired) electrons. The standard InChI is InChI=1S/C17H32N2O/c1-13(2)9-18-10-15-8-16(20-12-15)11-19(7)14(3)17(4,5)6/h8,12-14,18H,9-11H2,1-7H3. The fraction of sp³-hybridized carbons (Fsp3) is 0.765. The third-order valence-corrected chi connectivity index (χ3v) is 3.91. The maximum absolute atomic E-state index is 5.67. The third kappa shape index (κ3) is 5.68. The Morgan fingerprint density at radius 1 is 1.25 bits per heavy atom. The van der Waals surface area contributed by atoms with Crippen LogP contribution in [0.1, 0.15) is 52.9 Å². The Balaban J connectivity index is 2.47. The lowest BCUT2D eigenvalue weighted by atomic mass is 9.87. The molecule has 0 spiro atoms. The second-order valence-electron chi connectivity index (χ2n) is 7.40. The molecule has 116 valence electrons. The zero-order valence-electron chi connectivity index (χ0n) is 14.3. The van der Waals surface area contributed by atoms with Crippen LogP contribution in [-0.4, -0.2) is 24.5 Å². The molecule has 1 N–H and O–H groups in total. The summed E-state index contributed by atoms with van der Waals surface area (Å²) in [4.78, 5) is 2.35. The van der Waals surface area contributed by atoms with E-state index in [1.54, 1.807) is 0 Å². The Kier molecular flexibility index (Phi) is 6.28. The van der Waals surface area contributed by atoms with Crippen molar-refractivity contribution >= 4 is 0 Å². The minimum Gasteiger partial charge on any atom is -0.468 e. The molecule has 0 aromatic carbocycles. The van der Waals surface area contributed by atoms with E-state index >= 15 is 0 Å². The zero-order valence-corrected chi connectivity index (χ0v) is 14.3. The molecule has 1 atom stereocenters. The number of hydrogen-bond acceptors (Lipinski definition) is 3. The number of nitrogens with zero attached hydrogens (tertiary/aromatic N) is 1. The molecule has 1 aromatic rings. The van der Waals surface area contributed by atoms with Gasteiger partial charge in [-0.15, -0.1) is 0 Å². The Hall–Kier alpha value is -0.800. The predicted molar refractivity (Wildman–Crippen MR) is 85.6 cm³/mol. The number of rotatable bonds is 7. The highest BCUT2D eigenvalue weighted by Gasteiger charge is 2.24. The molecule has 0 fully saturated rings. The van der Waals surface area contributed by atoms with E-state index in [4.69, 9.17) is 4.42 Å². The monoisotopic (exact) mass is 280 g/mol. The molecule has 0 bridgehead atoms. The van der Waals surface area contributed by atoms with Crippen molar-refractivity contribution in [2.75, 3.05) is 13.6 Å². The van der Waals surface area contributed by atoms with Crippen LogP contribution in [0.3, 0.4) is 0 Å². The van der Waals surface area contributed by atoms with Crippen molar-refractivity contribution in [2.24, 2.45) is 11.3 Å². The van der Waals surface area contributed by atoms with E-state index in [2.05, 4.69) is 64.9 Å². The Labute approximate surface area is 124 Å². The van der Waals surface area contributed by atoms with Gasteiger partial charge in [0.15, 0.2) is 0 Å². The first-order valence-electron chi connectivity index (χ1n) is 7.67. The third-order valence-electron chi connectivity index (χ3n) is 3.91. The summed E-state index contributed by atoms with van der Waals surface area (Å²) in [6.07, 6.45) is 1.87. The van der Waals surface area contributed by atoms with Gasteiger partial charge in [0.1, 0.15) is 5.76 Å². The maximum atomic E-state index is 5.67. The molecule has 0 saturated heterocycles. The lowest BCUT2D eigenvalue weighted by Gasteiger charge is -2.34. The molecular formula is C17H32N2O. The highest BCUT2D eigenvalue weighted by molar-refractivity contribution is 5.12. The molecule has 3 nitrogen and oxygen atoms in total. The van der Waals surface area contributed by atoms with Crippen LogP contribution >= 0.6 is 0 Å². The molecule has 0 aliphatic rings. The normalized spacial score (nSPS) is 14.2. The topological polar surface area (TPSA) is 28.4 Å². The first kappa shape index (κ1) is 17.3. The van der Waals surface area contributed by atoms with Gasteiger partial charge >= 0.3 is 0 Å². The van der Waals surface area contributed by atoms with Gasteiger partial charge in [-0.25, -0.2) is 0 Å². The molecule has 3 heteroatoms. The highest BCUT2D eigenvalue weighted by atomic mass is 16.3. The summed E-state index contributed by atoms with van der Waals surface area (Å²) < 4.78 is 5.67. The SMILES string of the molecule is CC(C)CNCc1coc(CN(C)C(C)C(C)(C)C)c1. The van der Waals surface area contributed by atoms with Crippen LogP contribution in [0.15, 0.2) is 16.7 Å². The highest BCUT2D eigenvalue weighted by Crippen LogP contribution is 2.24. The van der Waals surface area contributed by atoms with Crippen LogP contribution < -0.4 is 5.32 Å². The van der Waals surface area contributed by atoms with E-state index in [0.717, 1.165) is 25.4 Å². The van der Waals surface area contributed by atoms with Crippen molar-refractivity contribution in [3.8, 4) is 0 Å². The Bertz CT molecular complexity index is 390. The van der Waals surface area contributed by atoms with E-state index < -0.39 is 0 Å². The van der Waals surface area contributed by atoms with Crippen molar-refractivity contribution in [1.29, 1.82) is 0 Å². The summed E-state index contributed by atoms with van der Waals surface area (Å²) in [5.41, 5.74) is 1.51. The smallest absolute Gasteiger partial charge is 0.118 e. The van der Waals surface area contributed by atoms with Crippen LogP contribution in [0, 0.1) is 11.3 Å². The van der Waals surface area contributed by atoms with E-state index in [0.29, 0.717) is 12.0 Å².